The van der Waals surface area contributed by atoms with E-state index in [2.05, 4.69) is 10.3 Å². The van der Waals surface area contributed by atoms with Crippen molar-refractivity contribution in [1.29, 1.82) is 5.26 Å². The topological polar surface area (TPSA) is 82.8 Å². The quantitative estimate of drug-likeness (QED) is 0.871. The molecular weight excluding hydrogens is 238 g/mol. The van der Waals surface area contributed by atoms with Gasteiger partial charge in [0.1, 0.15) is 6.07 Å². The Morgan fingerprint density at radius 1 is 1.53 bits per heavy atom. The number of nitrogens with zero attached hydrogens (tertiary/aromatic N) is 2. The number of pyridine rings is 1. The second-order valence-electron chi connectivity index (χ2n) is 4.42. The summed E-state index contributed by atoms with van der Waals surface area (Å²) in [6.45, 7) is 3.50. The molecule has 0 spiro atoms. The lowest BCUT2D eigenvalue weighted by Crippen LogP contribution is -2.38. The van der Waals surface area contributed by atoms with Crippen molar-refractivity contribution in [3.8, 4) is 6.07 Å². The summed E-state index contributed by atoms with van der Waals surface area (Å²) in [5.74, 6) is 0. The third-order valence-corrected chi connectivity index (χ3v) is 4.80. The largest absolute Gasteiger partial charge is 0.381 e. The Morgan fingerprint density at radius 2 is 2.18 bits per heavy atom. The molecule has 0 aromatic carbocycles. The average molecular weight is 253 g/mol. The van der Waals surface area contributed by atoms with Crippen LogP contribution in [0, 0.1) is 11.3 Å². The van der Waals surface area contributed by atoms with Crippen LogP contribution in [0.15, 0.2) is 18.5 Å². The number of aromatic nitrogens is 1. The van der Waals surface area contributed by atoms with Crippen LogP contribution in [-0.2, 0) is 9.84 Å². The Labute approximate surface area is 101 Å². The summed E-state index contributed by atoms with van der Waals surface area (Å²) in [5.41, 5.74) is 0.996. The number of anilines is 1. The average Bonchev–Trinajstić information content (AvgIpc) is 2.25. The fourth-order valence-corrected chi connectivity index (χ4v) is 1.41. The number of hydrogen-bond acceptors (Lipinski definition) is 5. The molecule has 0 aliphatic carbocycles. The van der Waals surface area contributed by atoms with Crippen LogP contribution in [0.3, 0.4) is 0 Å². The molecule has 5 nitrogen and oxygen atoms in total. The van der Waals surface area contributed by atoms with Crippen LogP contribution < -0.4 is 5.32 Å². The Bertz CT molecular complexity index is 544. The van der Waals surface area contributed by atoms with Crippen molar-refractivity contribution in [3.63, 3.8) is 0 Å². The second kappa shape index (κ2) is 4.72. The number of rotatable bonds is 4. The Hall–Kier alpha value is -1.61. The minimum Gasteiger partial charge on any atom is -0.381 e. The van der Waals surface area contributed by atoms with Gasteiger partial charge in [-0.2, -0.15) is 5.26 Å². The molecule has 1 N–H and O–H groups in total. The Kier molecular flexibility index (Phi) is 3.73. The highest BCUT2D eigenvalue weighted by Crippen LogP contribution is 2.18. The Morgan fingerprint density at radius 3 is 2.71 bits per heavy atom. The van der Waals surface area contributed by atoms with Gasteiger partial charge in [-0.25, -0.2) is 8.42 Å². The van der Waals surface area contributed by atoms with E-state index < -0.39 is 14.6 Å². The summed E-state index contributed by atoms with van der Waals surface area (Å²) in [7, 11) is -3.16. The van der Waals surface area contributed by atoms with E-state index in [0.717, 1.165) is 0 Å². The van der Waals surface area contributed by atoms with Crippen LogP contribution >= 0.6 is 0 Å². The lowest BCUT2D eigenvalue weighted by Gasteiger charge is -2.23. The molecule has 0 aliphatic rings. The van der Waals surface area contributed by atoms with E-state index in [9.17, 15) is 8.42 Å². The van der Waals surface area contributed by atoms with Gasteiger partial charge in [-0.05, 0) is 19.9 Å². The standard InChI is InChI=1S/C11H15N3O2S/c1-11(2,17(3,15)16)8-14-10-7-13-5-4-9(10)6-12/h4-5,7,14H,8H2,1-3H3. The molecule has 0 bridgehead atoms. The van der Waals surface area contributed by atoms with Gasteiger partial charge in [0, 0.05) is 19.0 Å². The van der Waals surface area contributed by atoms with Crippen molar-refractivity contribution in [1.82, 2.24) is 4.98 Å². The first-order valence-electron chi connectivity index (χ1n) is 5.05. The maximum Gasteiger partial charge on any atom is 0.154 e. The van der Waals surface area contributed by atoms with Gasteiger partial charge in [0.2, 0.25) is 0 Å². The van der Waals surface area contributed by atoms with E-state index in [-0.39, 0.29) is 6.54 Å². The highest BCUT2D eigenvalue weighted by atomic mass is 32.2. The van der Waals surface area contributed by atoms with Crippen LogP contribution in [0.4, 0.5) is 5.69 Å². The zero-order valence-corrected chi connectivity index (χ0v) is 10.9. The summed E-state index contributed by atoms with van der Waals surface area (Å²) in [6.07, 6.45) is 4.23. The fourth-order valence-electron chi connectivity index (χ4n) is 1.07. The summed E-state index contributed by atoms with van der Waals surface area (Å²) >= 11 is 0. The number of nitrogens with one attached hydrogen (secondary N) is 1. The van der Waals surface area contributed by atoms with Gasteiger partial charge in [0.15, 0.2) is 9.84 Å². The smallest absolute Gasteiger partial charge is 0.154 e. The summed E-state index contributed by atoms with van der Waals surface area (Å²) < 4.78 is 22.1. The van der Waals surface area contributed by atoms with Crippen molar-refractivity contribution in [3.05, 3.63) is 24.0 Å². The minimum absolute atomic E-state index is 0.228. The monoisotopic (exact) mass is 253 g/mol. The van der Waals surface area contributed by atoms with Gasteiger partial charge in [0.05, 0.1) is 22.2 Å². The van der Waals surface area contributed by atoms with Gasteiger partial charge in [-0.3, -0.25) is 4.98 Å². The molecule has 0 saturated carbocycles. The van der Waals surface area contributed by atoms with Gasteiger partial charge in [-0.15, -0.1) is 0 Å². The molecule has 0 fully saturated rings. The predicted octanol–water partition coefficient (Wildman–Crippen LogP) is 1.19. The van der Waals surface area contributed by atoms with E-state index in [1.165, 1.54) is 18.6 Å². The molecule has 0 radical (unpaired) electrons. The minimum atomic E-state index is -3.16. The second-order valence-corrected chi connectivity index (χ2v) is 7.07. The van der Waals surface area contributed by atoms with Crippen LogP contribution in [0.1, 0.15) is 19.4 Å². The molecule has 0 atom stereocenters. The van der Waals surface area contributed by atoms with E-state index in [1.807, 2.05) is 6.07 Å². The zero-order valence-electron chi connectivity index (χ0n) is 10.1. The number of nitriles is 1. The molecule has 0 unspecified atom stereocenters. The molecule has 1 aromatic rings. The summed E-state index contributed by atoms with van der Waals surface area (Å²) in [5, 5.41) is 11.8. The third-order valence-electron chi connectivity index (χ3n) is 2.65. The summed E-state index contributed by atoms with van der Waals surface area (Å²) in [6, 6.07) is 3.60. The molecule has 0 amide bonds. The number of hydrogen-bond donors (Lipinski definition) is 1. The number of sulfone groups is 1. The lowest BCUT2D eigenvalue weighted by atomic mass is 10.2. The van der Waals surface area contributed by atoms with E-state index in [4.69, 9.17) is 5.26 Å². The van der Waals surface area contributed by atoms with Gasteiger partial charge >= 0.3 is 0 Å². The first-order valence-corrected chi connectivity index (χ1v) is 6.94. The van der Waals surface area contributed by atoms with E-state index in [0.29, 0.717) is 11.3 Å². The SMILES string of the molecule is CC(C)(CNc1cnccc1C#N)S(C)(=O)=O. The Balaban J connectivity index is 2.86. The van der Waals surface area contributed by atoms with Crippen molar-refractivity contribution in [2.45, 2.75) is 18.6 Å². The first-order chi connectivity index (χ1) is 7.78. The molecule has 0 aliphatic heterocycles. The van der Waals surface area contributed by atoms with E-state index >= 15 is 0 Å². The molecule has 1 heterocycles. The highest BCUT2D eigenvalue weighted by Gasteiger charge is 2.29. The van der Waals surface area contributed by atoms with Gasteiger partial charge in [0.25, 0.3) is 0 Å². The van der Waals surface area contributed by atoms with Crippen LogP contribution in [0.2, 0.25) is 0 Å². The normalized spacial score (nSPS) is 11.9. The molecule has 1 aromatic heterocycles. The van der Waals surface area contributed by atoms with Crippen molar-refractivity contribution >= 4 is 15.5 Å². The van der Waals surface area contributed by atoms with Crippen LogP contribution in [-0.4, -0.2) is 30.9 Å². The first kappa shape index (κ1) is 13.5. The lowest BCUT2D eigenvalue weighted by molar-refractivity contribution is 0.560. The molecule has 0 saturated heterocycles. The molecule has 17 heavy (non-hydrogen) atoms. The molecule has 6 heteroatoms. The molecular formula is C11H15N3O2S. The van der Waals surface area contributed by atoms with Crippen LogP contribution in [0.25, 0.3) is 0 Å². The maximum atomic E-state index is 11.5. The van der Waals surface area contributed by atoms with Gasteiger partial charge in [-0.1, -0.05) is 0 Å². The fraction of sp³-hybridized carbons (Fsp3) is 0.455. The third kappa shape index (κ3) is 3.17. The highest BCUT2D eigenvalue weighted by molar-refractivity contribution is 7.92. The predicted molar refractivity (Wildman–Crippen MR) is 66.4 cm³/mol. The van der Waals surface area contributed by atoms with Crippen molar-refractivity contribution in [2.24, 2.45) is 0 Å². The van der Waals surface area contributed by atoms with Gasteiger partial charge < -0.3 is 5.32 Å². The van der Waals surface area contributed by atoms with Crippen LogP contribution in [0.5, 0.6) is 0 Å². The van der Waals surface area contributed by atoms with E-state index in [1.54, 1.807) is 19.9 Å². The molecule has 92 valence electrons. The van der Waals surface area contributed by atoms with Crippen molar-refractivity contribution < 1.29 is 8.42 Å². The zero-order chi connectivity index (χ0) is 13.1. The maximum absolute atomic E-state index is 11.5. The molecule has 1 rings (SSSR count). The van der Waals surface area contributed by atoms with Crippen molar-refractivity contribution in [2.75, 3.05) is 18.1 Å². The summed E-state index contributed by atoms with van der Waals surface area (Å²) in [4.78, 5) is 3.89.